The molecule has 1 amide bonds. The van der Waals surface area contributed by atoms with E-state index in [0.717, 1.165) is 10.0 Å². The van der Waals surface area contributed by atoms with Crippen molar-refractivity contribution in [3.05, 3.63) is 10.0 Å². The summed E-state index contributed by atoms with van der Waals surface area (Å²) in [5, 5.41) is 19.7. The Balaban J connectivity index is 2.03. The molecular formula is C12H19N3O3S. The second-order valence-corrected chi connectivity index (χ2v) is 6.93. The minimum atomic E-state index is -0.611. The molecule has 19 heavy (non-hydrogen) atoms. The molecule has 1 aromatic heterocycles. The number of aryl methyl sites for hydroxylation is 1. The van der Waals surface area contributed by atoms with Crippen LogP contribution in [0.2, 0.25) is 0 Å². The lowest BCUT2D eigenvalue weighted by Crippen LogP contribution is -2.35. The topological polar surface area (TPSA) is 75.6 Å². The van der Waals surface area contributed by atoms with E-state index in [4.69, 9.17) is 4.74 Å². The molecule has 0 unspecified atom stereocenters. The number of carbonyl (C=O) groups is 1. The van der Waals surface area contributed by atoms with Crippen molar-refractivity contribution in [1.82, 2.24) is 15.1 Å². The number of hydrogen-bond acceptors (Lipinski definition) is 6. The highest BCUT2D eigenvalue weighted by molar-refractivity contribution is 7.11. The van der Waals surface area contributed by atoms with Gasteiger partial charge in [0, 0.05) is 6.54 Å². The first-order valence-corrected chi connectivity index (χ1v) is 7.04. The molecular weight excluding hydrogens is 266 g/mol. The third-order valence-electron chi connectivity index (χ3n) is 2.80. The summed E-state index contributed by atoms with van der Waals surface area (Å²) in [5.41, 5.74) is -0.528. The fraction of sp³-hybridized carbons (Fsp3) is 0.750. The minimum absolute atomic E-state index is 0.168. The fourth-order valence-electron chi connectivity index (χ4n) is 1.97. The molecule has 1 aliphatic heterocycles. The largest absolute Gasteiger partial charge is 0.444 e. The highest BCUT2D eigenvalue weighted by atomic mass is 32.1. The number of β-amino-alcohol motifs (C(OH)–C–C–N with tert-alkyl or cyclic N) is 1. The highest BCUT2D eigenvalue weighted by Crippen LogP contribution is 2.30. The lowest BCUT2D eigenvalue weighted by Gasteiger charge is -2.24. The number of ether oxygens (including phenoxy) is 1. The average molecular weight is 285 g/mol. The second-order valence-electron chi connectivity index (χ2n) is 5.72. The van der Waals surface area contributed by atoms with Crippen molar-refractivity contribution >= 4 is 17.4 Å². The lowest BCUT2D eigenvalue weighted by molar-refractivity contribution is 0.0270. The Morgan fingerprint density at radius 3 is 2.63 bits per heavy atom. The Hall–Kier alpha value is -1.21. The Labute approximate surface area is 116 Å². The third-order valence-corrected chi connectivity index (χ3v) is 3.77. The van der Waals surface area contributed by atoms with Crippen LogP contribution in [0.1, 0.15) is 36.7 Å². The van der Waals surface area contributed by atoms with Crippen LogP contribution in [0.25, 0.3) is 0 Å². The van der Waals surface area contributed by atoms with Gasteiger partial charge in [-0.15, -0.1) is 21.5 Å². The maximum Gasteiger partial charge on any atom is 0.410 e. The first-order valence-electron chi connectivity index (χ1n) is 6.22. The van der Waals surface area contributed by atoms with Gasteiger partial charge in [0.1, 0.15) is 15.6 Å². The van der Waals surface area contributed by atoms with Crippen LogP contribution < -0.4 is 0 Å². The lowest BCUT2D eigenvalue weighted by atomic mass is 10.1. The number of aliphatic hydroxyl groups excluding tert-OH is 1. The summed E-state index contributed by atoms with van der Waals surface area (Å²) in [6, 6.07) is 0. The van der Waals surface area contributed by atoms with Gasteiger partial charge < -0.3 is 14.7 Å². The molecule has 2 rings (SSSR count). The normalized spacial score (nSPS) is 23.7. The number of carbonyl (C=O) groups excluding carboxylic acids is 1. The van der Waals surface area contributed by atoms with Gasteiger partial charge in [0.25, 0.3) is 0 Å². The predicted octanol–water partition coefficient (Wildman–Crippen LogP) is 1.54. The van der Waals surface area contributed by atoms with E-state index in [1.54, 1.807) is 0 Å². The molecule has 1 fully saturated rings. The number of amides is 1. The molecule has 0 bridgehead atoms. The fourth-order valence-corrected chi connectivity index (χ4v) is 2.82. The molecule has 2 heterocycles. The Kier molecular flexibility index (Phi) is 3.78. The summed E-state index contributed by atoms with van der Waals surface area (Å²) in [5.74, 6) is -0.168. The van der Waals surface area contributed by atoms with Gasteiger partial charge in [-0.25, -0.2) is 4.79 Å². The van der Waals surface area contributed by atoms with Gasteiger partial charge in [-0.2, -0.15) is 0 Å². The summed E-state index contributed by atoms with van der Waals surface area (Å²) in [4.78, 5) is 13.5. The summed E-state index contributed by atoms with van der Waals surface area (Å²) in [6.45, 7) is 8.03. The van der Waals surface area contributed by atoms with E-state index in [1.807, 2.05) is 27.7 Å². The van der Waals surface area contributed by atoms with Crippen LogP contribution in [0.5, 0.6) is 0 Å². The molecule has 2 atom stereocenters. The molecule has 0 aliphatic carbocycles. The number of likely N-dealkylation sites (tertiary alicyclic amines) is 1. The highest BCUT2D eigenvalue weighted by Gasteiger charge is 2.38. The van der Waals surface area contributed by atoms with Crippen molar-refractivity contribution < 1.29 is 14.6 Å². The first kappa shape index (κ1) is 14.2. The molecule has 106 valence electrons. The summed E-state index contributed by atoms with van der Waals surface area (Å²) < 4.78 is 5.30. The number of aromatic nitrogens is 2. The molecule has 7 heteroatoms. The zero-order chi connectivity index (χ0) is 14.2. The van der Waals surface area contributed by atoms with E-state index in [2.05, 4.69) is 10.2 Å². The molecule has 0 radical (unpaired) electrons. The first-order chi connectivity index (χ1) is 8.76. The van der Waals surface area contributed by atoms with Crippen LogP contribution in [-0.4, -0.2) is 51.1 Å². The van der Waals surface area contributed by atoms with Gasteiger partial charge >= 0.3 is 6.09 Å². The molecule has 0 spiro atoms. The molecule has 1 aromatic rings. The van der Waals surface area contributed by atoms with Crippen molar-refractivity contribution in [3.63, 3.8) is 0 Å². The summed E-state index contributed by atoms with van der Waals surface area (Å²) in [7, 11) is 0. The summed E-state index contributed by atoms with van der Waals surface area (Å²) in [6.07, 6.45) is -1.00. The molecule has 0 saturated carbocycles. The number of aliphatic hydroxyl groups is 1. The number of rotatable bonds is 1. The molecule has 1 saturated heterocycles. The second kappa shape index (κ2) is 5.05. The van der Waals surface area contributed by atoms with Crippen LogP contribution in [0.4, 0.5) is 4.79 Å². The van der Waals surface area contributed by atoms with E-state index >= 15 is 0 Å². The predicted molar refractivity (Wildman–Crippen MR) is 71.2 cm³/mol. The van der Waals surface area contributed by atoms with Crippen LogP contribution in [0, 0.1) is 6.92 Å². The van der Waals surface area contributed by atoms with Crippen molar-refractivity contribution in [1.29, 1.82) is 0 Å². The molecule has 1 N–H and O–H groups in total. The van der Waals surface area contributed by atoms with Crippen LogP contribution in [0.15, 0.2) is 0 Å². The standard InChI is InChI=1S/C12H19N3O3S/c1-7-13-14-10(19-7)8-5-15(6-9(8)16)11(17)18-12(2,3)4/h8-9,16H,5-6H2,1-4H3/t8-,9-/m1/s1. The Morgan fingerprint density at radius 2 is 2.11 bits per heavy atom. The van der Waals surface area contributed by atoms with Crippen molar-refractivity contribution in [2.45, 2.75) is 45.3 Å². The van der Waals surface area contributed by atoms with Gasteiger partial charge in [-0.1, -0.05) is 0 Å². The van der Waals surface area contributed by atoms with Crippen molar-refractivity contribution in [2.24, 2.45) is 0 Å². The van der Waals surface area contributed by atoms with Gasteiger partial charge in [0.15, 0.2) is 0 Å². The molecule has 0 aromatic carbocycles. The van der Waals surface area contributed by atoms with E-state index in [0.29, 0.717) is 6.54 Å². The average Bonchev–Trinajstić information content (AvgIpc) is 2.82. The SMILES string of the molecule is Cc1nnc([C@@H]2CN(C(=O)OC(C)(C)C)C[C@H]2O)s1. The van der Waals surface area contributed by atoms with Gasteiger partial charge in [-0.3, -0.25) is 0 Å². The zero-order valence-electron chi connectivity index (χ0n) is 11.6. The Morgan fingerprint density at radius 1 is 1.42 bits per heavy atom. The van der Waals surface area contributed by atoms with Crippen molar-refractivity contribution in [2.75, 3.05) is 13.1 Å². The smallest absolute Gasteiger partial charge is 0.410 e. The molecule has 6 nitrogen and oxygen atoms in total. The Bertz CT molecular complexity index is 469. The van der Waals surface area contributed by atoms with Crippen LogP contribution in [-0.2, 0) is 4.74 Å². The monoisotopic (exact) mass is 285 g/mol. The summed E-state index contributed by atoms with van der Waals surface area (Å²) >= 11 is 1.45. The van der Waals surface area contributed by atoms with E-state index in [-0.39, 0.29) is 12.5 Å². The van der Waals surface area contributed by atoms with Gasteiger partial charge in [0.2, 0.25) is 0 Å². The zero-order valence-corrected chi connectivity index (χ0v) is 12.4. The van der Waals surface area contributed by atoms with Crippen LogP contribution >= 0.6 is 11.3 Å². The minimum Gasteiger partial charge on any atom is -0.444 e. The molecule has 1 aliphatic rings. The van der Waals surface area contributed by atoms with E-state index < -0.39 is 17.8 Å². The van der Waals surface area contributed by atoms with E-state index in [9.17, 15) is 9.90 Å². The van der Waals surface area contributed by atoms with Crippen molar-refractivity contribution in [3.8, 4) is 0 Å². The van der Waals surface area contributed by atoms with Crippen LogP contribution in [0.3, 0.4) is 0 Å². The third kappa shape index (κ3) is 3.42. The van der Waals surface area contributed by atoms with E-state index in [1.165, 1.54) is 16.2 Å². The van der Waals surface area contributed by atoms with Gasteiger partial charge in [0.05, 0.1) is 18.6 Å². The maximum atomic E-state index is 11.9. The maximum absolute atomic E-state index is 11.9. The van der Waals surface area contributed by atoms with Gasteiger partial charge in [-0.05, 0) is 27.7 Å². The number of hydrogen-bond donors (Lipinski definition) is 1. The number of nitrogens with zero attached hydrogens (tertiary/aromatic N) is 3. The quantitative estimate of drug-likeness (QED) is 0.847.